The Morgan fingerprint density at radius 2 is 1.77 bits per heavy atom. The van der Waals surface area contributed by atoms with Gasteiger partial charge in [-0.05, 0) is 5.56 Å². The van der Waals surface area contributed by atoms with Crippen LogP contribution in [-0.4, -0.2) is 24.0 Å². The van der Waals surface area contributed by atoms with E-state index in [1.54, 1.807) is 0 Å². The monoisotopic (exact) mass is 193 g/mol. The van der Waals surface area contributed by atoms with Gasteiger partial charge in [-0.2, -0.15) is 0 Å². The van der Waals surface area contributed by atoms with Crippen molar-refractivity contribution >= 4 is 17.2 Å². The zero-order valence-corrected chi connectivity index (χ0v) is 9.14. The first-order valence-electron chi connectivity index (χ1n) is 4.39. The lowest BCUT2D eigenvalue weighted by Gasteiger charge is -2.20. The maximum Gasteiger partial charge on any atom is 0.0847 e. The molecule has 0 aromatic heterocycles. The van der Waals surface area contributed by atoms with Gasteiger partial charge in [-0.25, -0.2) is 0 Å². The second-order valence-corrected chi connectivity index (χ2v) is 3.78. The van der Waals surface area contributed by atoms with Crippen molar-refractivity contribution in [3.63, 3.8) is 0 Å². The smallest absolute Gasteiger partial charge is 0.0847 e. The van der Waals surface area contributed by atoms with Crippen LogP contribution in [0.2, 0.25) is 0 Å². The fourth-order valence-electron chi connectivity index (χ4n) is 1.27. The highest BCUT2D eigenvalue weighted by molar-refractivity contribution is 7.80. The van der Waals surface area contributed by atoms with Crippen molar-refractivity contribution in [2.75, 3.05) is 14.1 Å². The zero-order valence-electron chi connectivity index (χ0n) is 8.32. The van der Waals surface area contributed by atoms with Gasteiger partial charge in [-0.15, -0.1) is 0 Å². The molecular weight excluding hydrogens is 178 g/mol. The lowest BCUT2D eigenvalue weighted by molar-refractivity contribution is 0.609. The molecule has 1 rings (SSSR count). The molecule has 0 bridgehead atoms. The number of benzene rings is 1. The van der Waals surface area contributed by atoms with Crippen LogP contribution in [0.4, 0.5) is 0 Å². The summed E-state index contributed by atoms with van der Waals surface area (Å²) in [6.07, 6.45) is 0. The van der Waals surface area contributed by atoms with Crippen LogP contribution in [0, 0.1) is 0 Å². The van der Waals surface area contributed by atoms with Crippen molar-refractivity contribution in [3.05, 3.63) is 35.9 Å². The van der Waals surface area contributed by atoms with Crippen molar-refractivity contribution in [1.29, 1.82) is 0 Å². The van der Waals surface area contributed by atoms with E-state index in [1.807, 2.05) is 37.2 Å². The summed E-state index contributed by atoms with van der Waals surface area (Å²) in [4.78, 5) is 2.97. The lowest BCUT2D eigenvalue weighted by atomic mass is 10.0. The Labute approximate surface area is 85.4 Å². The van der Waals surface area contributed by atoms with Crippen LogP contribution >= 0.6 is 12.2 Å². The highest BCUT2D eigenvalue weighted by atomic mass is 32.1. The minimum atomic E-state index is 0.325. The van der Waals surface area contributed by atoms with Gasteiger partial charge >= 0.3 is 0 Å². The predicted molar refractivity (Wildman–Crippen MR) is 61.1 cm³/mol. The van der Waals surface area contributed by atoms with Gasteiger partial charge in [-0.3, -0.25) is 0 Å². The molecule has 0 amide bonds. The fourth-order valence-corrected chi connectivity index (χ4v) is 1.41. The summed E-state index contributed by atoms with van der Waals surface area (Å²) >= 11 is 5.31. The Balaban J connectivity index is 2.80. The zero-order chi connectivity index (χ0) is 9.84. The summed E-state index contributed by atoms with van der Waals surface area (Å²) in [5, 5.41) is 0. The molecule has 2 heteroatoms. The van der Waals surface area contributed by atoms with Crippen molar-refractivity contribution in [3.8, 4) is 0 Å². The normalized spacial score (nSPS) is 12.2. The quantitative estimate of drug-likeness (QED) is 0.664. The molecule has 13 heavy (non-hydrogen) atoms. The summed E-state index contributed by atoms with van der Waals surface area (Å²) in [5.41, 5.74) is 1.28. The average molecular weight is 193 g/mol. The predicted octanol–water partition coefficient (Wildman–Crippen LogP) is 2.68. The first-order chi connectivity index (χ1) is 6.13. The third-order valence-corrected chi connectivity index (χ3v) is 2.83. The molecule has 1 atom stereocenters. The van der Waals surface area contributed by atoms with Crippen LogP contribution < -0.4 is 0 Å². The number of hydrogen-bond donors (Lipinski definition) is 0. The van der Waals surface area contributed by atoms with Crippen molar-refractivity contribution < 1.29 is 0 Å². The minimum absolute atomic E-state index is 0.325. The van der Waals surface area contributed by atoms with Crippen LogP contribution in [0.15, 0.2) is 30.3 Å². The molecule has 0 aliphatic heterocycles. The van der Waals surface area contributed by atoms with Crippen molar-refractivity contribution in [2.45, 2.75) is 12.8 Å². The fraction of sp³-hybridized carbons (Fsp3) is 0.364. The number of likely N-dealkylation sites (N-methyl/N-ethyl adjacent to an activating group) is 1. The molecule has 0 radical (unpaired) electrons. The van der Waals surface area contributed by atoms with E-state index >= 15 is 0 Å². The number of thiocarbonyl (C=S) groups is 1. The van der Waals surface area contributed by atoms with Crippen LogP contribution in [0.3, 0.4) is 0 Å². The summed E-state index contributed by atoms with van der Waals surface area (Å²) < 4.78 is 0. The first-order valence-corrected chi connectivity index (χ1v) is 4.80. The van der Waals surface area contributed by atoms with E-state index in [0.717, 1.165) is 4.99 Å². The molecule has 0 saturated heterocycles. The highest BCUT2D eigenvalue weighted by Crippen LogP contribution is 2.17. The molecule has 1 unspecified atom stereocenters. The van der Waals surface area contributed by atoms with E-state index in [1.165, 1.54) is 5.56 Å². The van der Waals surface area contributed by atoms with Gasteiger partial charge in [0.25, 0.3) is 0 Å². The summed E-state index contributed by atoms with van der Waals surface area (Å²) in [6, 6.07) is 10.3. The van der Waals surface area contributed by atoms with Gasteiger partial charge < -0.3 is 4.90 Å². The van der Waals surface area contributed by atoms with Crippen LogP contribution in [0.25, 0.3) is 0 Å². The largest absolute Gasteiger partial charge is 0.372 e. The molecule has 0 N–H and O–H groups in total. The van der Waals surface area contributed by atoms with Gasteiger partial charge in [0.15, 0.2) is 0 Å². The topological polar surface area (TPSA) is 3.24 Å². The second kappa shape index (κ2) is 4.38. The van der Waals surface area contributed by atoms with E-state index in [0.29, 0.717) is 5.92 Å². The van der Waals surface area contributed by atoms with Gasteiger partial charge in [0, 0.05) is 20.0 Å². The van der Waals surface area contributed by atoms with Gasteiger partial charge in [0.05, 0.1) is 4.99 Å². The highest BCUT2D eigenvalue weighted by Gasteiger charge is 2.11. The van der Waals surface area contributed by atoms with E-state index in [2.05, 4.69) is 19.1 Å². The van der Waals surface area contributed by atoms with Gasteiger partial charge in [-0.1, -0.05) is 49.5 Å². The molecule has 1 aromatic carbocycles. The minimum Gasteiger partial charge on any atom is -0.372 e. The SMILES string of the molecule is CC(C(=S)N(C)C)c1ccccc1. The van der Waals surface area contributed by atoms with E-state index in [-0.39, 0.29) is 0 Å². The first kappa shape index (κ1) is 10.2. The molecule has 0 fully saturated rings. The number of hydrogen-bond acceptors (Lipinski definition) is 1. The van der Waals surface area contributed by atoms with Gasteiger partial charge in [0.1, 0.15) is 0 Å². The van der Waals surface area contributed by atoms with Crippen LogP contribution in [0.1, 0.15) is 18.4 Å². The Morgan fingerprint density at radius 1 is 1.23 bits per heavy atom. The van der Waals surface area contributed by atoms with E-state index in [4.69, 9.17) is 12.2 Å². The molecule has 70 valence electrons. The number of nitrogens with zero attached hydrogens (tertiary/aromatic N) is 1. The second-order valence-electron chi connectivity index (χ2n) is 3.37. The summed E-state index contributed by atoms with van der Waals surface area (Å²) in [7, 11) is 3.98. The van der Waals surface area contributed by atoms with Crippen molar-refractivity contribution in [2.24, 2.45) is 0 Å². The molecule has 1 nitrogen and oxygen atoms in total. The summed E-state index contributed by atoms with van der Waals surface area (Å²) in [5.74, 6) is 0.325. The Bertz CT molecular complexity index is 279. The van der Waals surface area contributed by atoms with Crippen molar-refractivity contribution in [1.82, 2.24) is 4.90 Å². The molecule has 0 aliphatic carbocycles. The Morgan fingerprint density at radius 3 is 2.23 bits per heavy atom. The molecule has 0 aliphatic rings. The van der Waals surface area contributed by atoms with Crippen LogP contribution in [-0.2, 0) is 0 Å². The third kappa shape index (κ3) is 2.52. The average Bonchev–Trinajstić information content (AvgIpc) is 2.17. The van der Waals surface area contributed by atoms with E-state index < -0.39 is 0 Å². The van der Waals surface area contributed by atoms with Crippen LogP contribution in [0.5, 0.6) is 0 Å². The molecule has 1 aromatic rings. The molecule has 0 heterocycles. The standard InChI is InChI=1S/C11H15NS/c1-9(11(13)12(2)3)10-7-5-4-6-8-10/h4-9H,1-3H3. The lowest BCUT2D eigenvalue weighted by Crippen LogP contribution is -2.24. The number of rotatable bonds is 2. The molecule has 0 saturated carbocycles. The summed E-state index contributed by atoms with van der Waals surface area (Å²) in [6.45, 7) is 2.14. The maximum absolute atomic E-state index is 5.31. The third-order valence-electron chi connectivity index (χ3n) is 2.11. The Hall–Kier alpha value is -0.890. The van der Waals surface area contributed by atoms with Gasteiger partial charge in [0.2, 0.25) is 0 Å². The molecular formula is C11H15NS. The Kier molecular flexibility index (Phi) is 3.43. The molecule has 0 spiro atoms. The van der Waals surface area contributed by atoms with E-state index in [9.17, 15) is 0 Å². The maximum atomic E-state index is 5.31.